The van der Waals surface area contributed by atoms with Crippen LogP contribution in [0.15, 0.2) is 47.4 Å². The Labute approximate surface area is 183 Å². The third-order valence-corrected chi connectivity index (χ3v) is 6.43. The zero-order valence-electron chi connectivity index (χ0n) is 18.0. The number of aryl methyl sites for hydroxylation is 1. The summed E-state index contributed by atoms with van der Waals surface area (Å²) in [5.74, 6) is 1.61. The number of phenolic OH excluding ortho intramolecular Hbond substituents is 1. The van der Waals surface area contributed by atoms with E-state index in [0.29, 0.717) is 11.1 Å². The normalized spacial score (nSPS) is 12.7. The second-order valence-electron chi connectivity index (χ2n) is 7.59. The van der Waals surface area contributed by atoms with Crippen molar-refractivity contribution in [1.29, 1.82) is 0 Å². The first-order valence-corrected chi connectivity index (χ1v) is 11.0. The number of esters is 1. The number of carbonyl (C=O) groups is 1. The number of phenols is 1. The van der Waals surface area contributed by atoms with E-state index in [2.05, 4.69) is 10.6 Å². The van der Waals surface area contributed by atoms with Gasteiger partial charge in [0.05, 0.1) is 18.6 Å². The minimum absolute atomic E-state index is 0.00574. The highest BCUT2D eigenvalue weighted by molar-refractivity contribution is 7.89. The minimum Gasteiger partial charge on any atom is -0.507 e. The lowest BCUT2D eigenvalue weighted by Gasteiger charge is -2.32. The monoisotopic (exact) mass is 445 g/mol. The number of rotatable bonds is 9. The second-order valence-corrected chi connectivity index (χ2v) is 9.32. The molecule has 0 aromatic heterocycles. The van der Waals surface area contributed by atoms with E-state index in [1.807, 2.05) is 19.1 Å². The Morgan fingerprint density at radius 2 is 1.94 bits per heavy atom. The summed E-state index contributed by atoms with van der Waals surface area (Å²) in [4.78, 5) is 12.1. The fraction of sp³-hybridized carbons (Fsp3) is 0.348. The van der Waals surface area contributed by atoms with E-state index in [1.165, 1.54) is 25.3 Å². The van der Waals surface area contributed by atoms with E-state index in [1.54, 1.807) is 26.0 Å². The molecule has 31 heavy (non-hydrogen) atoms. The number of hydrogen-bond donors (Lipinski definition) is 2. The van der Waals surface area contributed by atoms with Crippen LogP contribution in [-0.4, -0.2) is 33.2 Å². The summed E-state index contributed by atoms with van der Waals surface area (Å²) >= 11 is 0. The van der Waals surface area contributed by atoms with E-state index in [4.69, 9.17) is 15.9 Å². The highest BCUT2D eigenvalue weighted by Crippen LogP contribution is 2.38. The van der Waals surface area contributed by atoms with Gasteiger partial charge in [-0.1, -0.05) is 36.3 Å². The Balaban J connectivity index is 2.36. The molecule has 2 aromatic rings. The van der Waals surface area contributed by atoms with Crippen LogP contribution in [0, 0.1) is 24.7 Å². The quantitative estimate of drug-likeness (QED) is 0.454. The fourth-order valence-corrected chi connectivity index (χ4v) is 4.30. The summed E-state index contributed by atoms with van der Waals surface area (Å²) in [6, 6.07) is 11.1. The van der Waals surface area contributed by atoms with Gasteiger partial charge in [0.1, 0.15) is 17.3 Å². The van der Waals surface area contributed by atoms with Gasteiger partial charge in [-0.2, -0.15) is 0 Å². The third kappa shape index (κ3) is 5.64. The minimum atomic E-state index is -3.93. The van der Waals surface area contributed by atoms with Gasteiger partial charge in [-0.3, -0.25) is 4.79 Å². The molecule has 0 radical (unpaired) electrons. The molecule has 0 spiro atoms. The number of benzene rings is 2. The van der Waals surface area contributed by atoms with Crippen molar-refractivity contribution in [1.82, 2.24) is 4.72 Å². The van der Waals surface area contributed by atoms with Crippen molar-refractivity contribution < 1.29 is 27.8 Å². The van der Waals surface area contributed by atoms with Crippen molar-refractivity contribution in [3.63, 3.8) is 0 Å². The highest BCUT2D eigenvalue weighted by Gasteiger charge is 2.40. The molecule has 0 fully saturated rings. The maximum absolute atomic E-state index is 12.6. The van der Waals surface area contributed by atoms with Crippen LogP contribution >= 0.6 is 0 Å². The van der Waals surface area contributed by atoms with Crippen LogP contribution in [0.3, 0.4) is 0 Å². The van der Waals surface area contributed by atoms with Crippen LogP contribution in [0.4, 0.5) is 0 Å². The average molecular weight is 446 g/mol. The van der Waals surface area contributed by atoms with Gasteiger partial charge in [0.2, 0.25) is 10.0 Å². The number of ether oxygens (including phenoxy) is 2. The predicted octanol–water partition coefficient (Wildman–Crippen LogP) is 3.07. The zero-order valence-corrected chi connectivity index (χ0v) is 18.8. The van der Waals surface area contributed by atoms with Crippen LogP contribution in [0.5, 0.6) is 5.75 Å². The Morgan fingerprint density at radius 3 is 2.55 bits per heavy atom. The molecule has 7 nitrogen and oxygen atoms in total. The standard InChI is InChI=1S/C23H27NO6S/c1-6-13-30-21(23(3,4)22(26)29-5)17-12-11-16(2)18(14-17)15-24-31(27,28)20-10-8-7-9-19(20)25/h1,7-12,14,21,24-25H,13,15H2,2-5H3/t21-/m0/s1. The number of para-hydroxylation sites is 1. The van der Waals surface area contributed by atoms with Crippen molar-refractivity contribution in [3.05, 3.63) is 59.2 Å². The summed E-state index contributed by atoms with van der Waals surface area (Å²) in [6.07, 6.45) is 4.63. The van der Waals surface area contributed by atoms with E-state index in [-0.39, 0.29) is 23.8 Å². The summed E-state index contributed by atoms with van der Waals surface area (Å²) < 4.78 is 38.4. The lowest BCUT2D eigenvalue weighted by atomic mass is 9.81. The number of nitrogens with one attached hydrogen (secondary N) is 1. The lowest BCUT2D eigenvalue weighted by Crippen LogP contribution is -2.34. The molecule has 2 aromatic carbocycles. The first-order valence-electron chi connectivity index (χ1n) is 9.55. The Hall–Kier alpha value is -2.86. The molecule has 0 aliphatic carbocycles. The average Bonchev–Trinajstić information content (AvgIpc) is 2.73. The number of carbonyl (C=O) groups excluding carboxylic acids is 1. The molecule has 0 heterocycles. The van der Waals surface area contributed by atoms with Crippen molar-refractivity contribution in [3.8, 4) is 18.1 Å². The molecule has 0 amide bonds. The molecule has 0 saturated heterocycles. The van der Waals surface area contributed by atoms with Crippen LogP contribution < -0.4 is 4.72 Å². The summed E-state index contributed by atoms with van der Waals surface area (Å²) in [6.45, 7) is 5.21. The van der Waals surface area contributed by atoms with Crippen LogP contribution in [-0.2, 0) is 30.8 Å². The Kier molecular flexibility index (Phi) is 7.85. The maximum Gasteiger partial charge on any atom is 0.314 e. The molecule has 1 atom stereocenters. The molecular formula is C23H27NO6S. The third-order valence-electron chi connectivity index (χ3n) is 4.98. The smallest absolute Gasteiger partial charge is 0.314 e. The first kappa shape index (κ1) is 24.4. The van der Waals surface area contributed by atoms with Crippen molar-refractivity contribution in [2.75, 3.05) is 13.7 Å². The largest absolute Gasteiger partial charge is 0.507 e. The van der Waals surface area contributed by atoms with Gasteiger partial charge in [-0.25, -0.2) is 13.1 Å². The van der Waals surface area contributed by atoms with E-state index >= 15 is 0 Å². The highest BCUT2D eigenvalue weighted by atomic mass is 32.2. The molecule has 0 unspecified atom stereocenters. The van der Waals surface area contributed by atoms with Crippen LogP contribution in [0.2, 0.25) is 0 Å². The predicted molar refractivity (Wildman–Crippen MR) is 117 cm³/mol. The SMILES string of the molecule is C#CCO[C@@H](c1ccc(C)c(CNS(=O)(=O)c2ccccc2O)c1)C(C)(C)C(=O)OC. The number of terminal acetylenes is 1. The van der Waals surface area contributed by atoms with Crippen LogP contribution in [0.1, 0.15) is 36.6 Å². The summed E-state index contributed by atoms with van der Waals surface area (Å²) in [5.41, 5.74) is 1.16. The molecule has 8 heteroatoms. The molecule has 2 N–H and O–H groups in total. The summed E-state index contributed by atoms with van der Waals surface area (Å²) in [5, 5.41) is 9.87. The second kappa shape index (κ2) is 9.96. The lowest BCUT2D eigenvalue weighted by molar-refractivity contribution is -0.160. The zero-order chi connectivity index (χ0) is 23.2. The topological polar surface area (TPSA) is 102 Å². The van der Waals surface area contributed by atoms with E-state index in [9.17, 15) is 18.3 Å². The Bertz CT molecular complexity index is 1090. The van der Waals surface area contributed by atoms with Crippen molar-refractivity contribution in [2.24, 2.45) is 5.41 Å². The molecule has 0 aliphatic rings. The van der Waals surface area contributed by atoms with E-state index < -0.39 is 27.5 Å². The number of methoxy groups -OCH3 is 1. The fourth-order valence-electron chi connectivity index (χ4n) is 3.20. The van der Waals surface area contributed by atoms with Gasteiger partial charge < -0.3 is 14.6 Å². The van der Waals surface area contributed by atoms with Gasteiger partial charge >= 0.3 is 5.97 Å². The number of hydrogen-bond acceptors (Lipinski definition) is 6. The first-order chi connectivity index (χ1) is 14.5. The number of sulfonamides is 1. The van der Waals surface area contributed by atoms with Gasteiger partial charge in [-0.15, -0.1) is 6.42 Å². The van der Waals surface area contributed by atoms with E-state index in [0.717, 1.165) is 5.56 Å². The summed E-state index contributed by atoms with van der Waals surface area (Å²) in [7, 11) is -2.63. The number of aromatic hydroxyl groups is 1. The van der Waals surface area contributed by atoms with Gasteiger partial charge in [0, 0.05) is 6.54 Å². The maximum atomic E-state index is 12.6. The molecule has 0 saturated carbocycles. The van der Waals surface area contributed by atoms with Crippen LogP contribution in [0.25, 0.3) is 0 Å². The van der Waals surface area contributed by atoms with Crippen molar-refractivity contribution >= 4 is 16.0 Å². The van der Waals surface area contributed by atoms with Crippen molar-refractivity contribution in [2.45, 2.75) is 38.3 Å². The van der Waals surface area contributed by atoms with Gasteiger partial charge in [-0.05, 0) is 49.6 Å². The van der Waals surface area contributed by atoms with Gasteiger partial charge in [0.15, 0.2) is 0 Å². The molecule has 166 valence electrons. The van der Waals surface area contributed by atoms with Gasteiger partial charge in [0.25, 0.3) is 0 Å². The molecule has 0 bridgehead atoms. The Morgan fingerprint density at radius 1 is 1.26 bits per heavy atom. The molecular weight excluding hydrogens is 418 g/mol. The molecule has 0 aliphatic heterocycles. The molecule has 2 rings (SSSR count).